The number of hydrogen-bond donors (Lipinski definition) is 2. The molecule has 0 aromatic carbocycles. The van der Waals surface area contributed by atoms with Crippen LogP contribution in [0.5, 0.6) is 0 Å². The number of carbonyl (C=O) groups is 1. The maximum atomic E-state index is 11.0. The molecule has 2 N–H and O–H groups in total. The number of hydrogen-bond acceptors (Lipinski definition) is 3. The second kappa shape index (κ2) is 3.69. The van der Waals surface area contributed by atoms with Crippen molar-refractivity contribution in [2.45, 2.75) is 0 Å². The summed E-state index contributed by atoms with van der Waals surface area (Å²) in [4.78, 5) is 18.5. The molecule has 4 nitrogen and oxygen atoms in total. The summed E-state index contributed by atoms with van der Waals surface area (Å²) in [6, 6.07) is 1.88. The van der Waals surface area contributed by atoms with E-state index in [1.807, 2.05) is 6.07 Å². The van der Waals surface area contributed by atoms with Gasteiger partial charge < -0.3 is 10.1 Å². The van der Waals surface area contributed by atoms with E-state index in [-0.39, 0.29) is 9.90 Å². The van der Waals surface area contributed by atoms with E-state index in [0.29, 0.717) is 5.52 Å². The minimum absolute atomic E-state index is 0.138. The number of thiophene rings is 1. The maximum absolute atomic E-state index is 11.0. The second-order valence-corrected chi connectivity index (χ2v) is 5.74. The van der Waals surface area contributed by atoms with Crippen LogP contribution in [-0.2, 0) is 0 Å². The fourth-order valence-corrected chi connectivity index (χ4v) is 3.40. The first-order valence-corrected chi connectivity index (χ1v) is 6.55. The summed E-state index contributed by atoms with van der Waals surface area (Å²) in [5, 5.41) is 9.23. The minimum Gasteiger partial charge on any atom is -0.477 e. The average Bonchev–Trinajstić information content (AvgIpc) is 2.76. The van der Waals surface area contributed by atoms with Gasteiger partial charge in [0, 0.05) is 10.7 Å². The van der Waals surface area contributed by atoms with Gasteiger partial charge in [-0.2, -0.15) is 0 Å². The molecule has 0 amide bonds. The third-order valence-corrected chi connectivity index (χ3v) is 4.48. The monoisotopic (exact) mass is 330 g/mol. The Hall–Kier alpha value is -1.11. The highest BCUT2D eigenvalue weighted by Crippen LogP contribution is 2.39. The molecular formula is C10H4BrClN2O2S. The maximum Gasteiger partial charge on any atom is 0.347 e. The Bertz CT molecular complexity index is 764. The average molecular weight is 332 g/mol. The predicted octanol–water partition coefficient (Wildman–Crippen LogP) is 3.89. The number of nitrogens with one attached hydrogen (secondary N) is 1. The van der Waals surface area contributed by atoms with Crippen LogP contribution in [0.3, 0.4) is 0 Å². The molecule has 0 saturated carbocycles. The number of aromatic carboxylic acids is 1. The van der Waals surface area contributed by atoms with Crippen molar-refractivity contribution in [3.63, 3.8) is 0 Å². The van der Waals surface area contributed by atoms with Crippen molar-refractivity contribution in [1.29, 1.82) is 0 Å². The molecule has 0 atom stereocenters. The molecule has 0 fully saturated rings. The third-order valence-electron chi connectivity index (χ3n) is 2.37. The van der Waals surface area contributed by atoms with E-state index in [1.54, 1.807) is 6.20 Å². The number of halogens is 2. The summed E-state index contributed by atoms with van der Waals surface area (Å²) in [6.07, 6.45) is 1.67. The topological polar surface area (TPSA) is 66.0 Å². The van der Waals surface area contributed by atoms with Gasteiger partial charge in [0.25, 0.3) is 0 Å². The Kier molecular flexibility index (Phi) is 2.39. The Morgan fingerprint density at radius 2 is 2.35 bits per heavy atom. The number of aromatic nitrogens is 2. The molecule has 3 heterocycles. The van der Waals surface area contributed by atoms with Crippen molar-refractivity contribution in [1.82, 2.24) is 9.97 Å². The fourth-order valence-electron chi connectivity index (χ4n) is 1.68. The Balaban J connectivity index is 2.45. The lowest BCUT2D eigenvalue weighted by Gasteiger charge is -1.91. The molecule has 0 aliphatic carbocycles. The van der Waals surface area contributed by atoms with Crippen LogP contribution in [0.2, 0.25) is 5.02 Å². The van der Waals surface area contributed by atoms with E-state index in [0.717, 1.165) is 31.5 Å². The predicted molar refractivity (Wildman–Crippen MR) is 71.1 cm³/mol. The molecule has 3 rings (SSSR count). The quantitative estimate of drug-likeness (QED) is 0.711. The van der Waals surface area contributed by atoms with Crippen molar-refractivity contribution in [2.24, 2.45) is 0 Å². The van der Waals surface area contributed by atoms with E-state index < -0.39 is 5.97 Å². The summed E-state index contributed by atoms with van der Waals surface area (Å²) < 4.78 is 1.63. The number of fused-ring (bicyclic) bond motifs is 3. The van der Waals surface area contributed by atoms with Gasteiger partial charge in [0.2, 0.25) is 0 Å². The Morgan fingerprint density at radius 3 is 3.06 bits per heavy atom. The molecule has 0 bridgehead atoms. The van der Waals surface area contributed by atoms with Crippen molar-refractivity contribution >= 4 is 66.1 Å². The van der Waals surface area contributed by atoms with Crippen LogP contribution in [0.15, 0.2) is 16.7 Å². The lowest BCUT2D eigenvalue weighted by Crippen LogP contribution is -1.91. The van der Waals surface area contributed by atoms with Crippen molar-refractivity contribution < 1.29 is 9.90 Å². The number of carboxylic acids is 1. The number of carboxylic acid groups (broad SMARTS) is 1. The SMILES string of the molecule is O=C(O)c1sc2c([nH]c3cc(Br)cnc32)c1Cl. The van der Waals surface area contributed by atoms with Crippen LogP contribution in [0.1, 0.15) is 9.67 Å². The number of H-pyrrole nitrogens is 1. The molecule has 0 unspecified atom stereocenters. The second-order valence-electron chi connectivity index (χ2n) is 3.43. The molecule has 3 aromatic heterocycles. The van der Waals surface area contributed by atoms with Crippen molar-refractivity contribution in [3.05, 3.63) is 26.6 Å². The molecule has 7 heteroatoms. The smallest absolute Gasteiger partial charge is 0.347 e. The Labute approximate surface area is 112 Å². The number of rotatable bonds is 1. The van der Waals surface area contributed by atoms with Gasteiger partial charge in [0.1, 0.15) is 10.4 Å². The fraction of sp³-hybridized carbons (Fsp3) is 0. The largest absolute Gasteiger partial charge is 0.477 e. The zero-order valence-corrected chi connectivity index (χ0v) is 11.3. The first kappa shape index (κ1) is 11.0. The molecule has 0 saturated heterocycles. The highest BCUT2D eigenvalue weighted by atomic mass is 79.9. The lowest BCUT2D eigenvalue weighted by atomic mass is 10.4. The summed E-state index contributed by atoms with van der Waals surface area (Å²) in [5.41, 5.74) is 2.21. The highest BCUT2D eigenvalue weighted by molar-refractivity contribution is 9.10. The van der Waals surface area contributed by atoms with E-state index >= 15 is 0 Å². The van der Waals surface area contributed by atoms with Gasteiger partial charge >= 0.3 is 5.97 Å². The van der Waals surface area contributed by atoms with Gasteiger partial charge in [-0.1, -0.05) is 11.6 Å². The molecule has 0 radical (unpaired) electrons. The Morgan fingerprint density at radius 1 is 1.59 bits per heavy atom. The first-order valence-electron chi connectivity index (χ1n) is 4.56. The molecule has 0 spiro atoms. The molecule has 17 heavy (non-hydrogen) atoms. The number of nitrogens with zero attached hydrogens (tertiary/aromatic N) is 1. The zero-order valence-electron chi connectivity index (χ0n) is 8.12. The van der Waals surface area contributed by atoms with Crippen LogP contribution in [0, 0.1) is 0 Å². The van der Waals surface area contributed by atoms with E-state index in [4.69, 9.17) is 16.7 Å². The standard InChI is InChI=1S/C10H4BrClN2O2S/c11-3-1-4-6(13-2-3)9-7(14-4)5(12)8(17-9)10(15)16/h1-2,14H,(H,15,16). The molecular weight excluding hydrogens is 328 g/mol. The first-order chi connectivity index (χ1) is 8.08. The van der Waals surface area contributed by atoms with Gasteiger partial charge in [-0.25, -0.2) is 4.79 Å². The van der Waals surface area contributed by atoms with Crippen LogP contribution >= 0.6 is 38.9 Å². The van der Waals surface area contributed by atoms with Crippen molar-refractivity contribution in [2.75, 3.05) is 0 Å². The lowest BCUT2D eigenvalue weighted by molar-refractivity contribution is 0.0702. The highest BCUT2D eigenvalue weighted by Gasteiger charge is 2.20. The summed E-state index contributed by atoms with van der Waals surface area (Å²) in [6.45, 7) is 0. The molecule has 0 aliphatic rings. The van der Waals surface area contributed by atoms with E-state index in [2.05, 4.69) is 25.9 Å². The van der Waals surface area contributed by atoms with Crippen LogP contribution < -0.4 is 0 Å². The number of aromatic amines is 1. The summed E-state index contributed by atoms with van der Waals surface area (Å²) in [7, 11) is 0. The van der Waals surface area contributed by atoms with Gasteiger partial charge in [-0.15, -0.1) is 11.3 Å². The summed E-state index contributed by atoms with van der Waals surface area (Å²) >= 11 is 10.5. The van der Waals surface area contributed by atoms with Gasteiger partial charge in [-0.05, 0) is 22.0 Å². The van der Waals surface area contributed by atoms with Gasteiger partial charge in [0.05, 0.1) is 20.8 Å². The van der Waals surface area contributed by atoms with Gasteiger partial charge in [-0.3, -0.25) is 4.98 Å². The third kappa shape index (κ3) is 1.55. The summed E-state index contributed by atoms with van der Waals surface area (Å²) in [5.74, 6) is -1.02. The van der Waals surface area contributed by atoms with Crippen LogP contribution in [-0.4, -0.2) is 21.0 Å². The van der Waals surface area contributed by atoms with Crippen LogP contribution in [0.25, 0.3) is 21.3 Å². The molecule has 86 valence electrons. The van der Waals surface area contributed by atoms with Gasteiger partial charge in [0.15, 0.2) is 0 Å². The van der Waals surface area contributed by atoms with E-state index in [9.17, 15) is 4.79 Å². The van der Waals surface area contributed by atoms with Crippen molar-refractivity contribution in [3.8, 4) is 0 Å². The molecule has 3 aromatic rings. The van der Waals surface area contributed by atoms with E-state index in [1.165, 1.54) is 0 Å². The normalized spacial score (nSPS) is 11.4. The van der Waals surface area contributed by atoms with Crippen LogP contribution in [0.4, 0.5) is 0 Å². The number of pyridine rings is 1. The minimum atomic E-state index is -1.02. The molecule has 0 aliphatic heterocycles. The zero-order chi connectivity index (χ0) is 12.2.